The SMILES string of the molecule is O=C(O)C#CCOc1ccc(Br)cc1. The molecule has 1 aromatic carbocycles. The fourth-order valence-corrected chi connectivity index (χ4v) is 1.03. The molecule has 0 spiro atoms. The minimum absolute atomic E-state index is 0.0773. The third-order valence-corrected chi connectivity index (χ3v) is 1.85. The lowest BCUT2D eigenvalue weighted by molar-refractivity contribution is -0.130. The van der Waals surface area contributed by atoms with E-state index in [0.717, 1.165) is 4.47 Å². The fraction of sp³-hybridized carbons (Fsp3) is 0.100. The van der Waals surface area contributed by atoms with Crippen molar-refractivity contribution < 1.29 is 14.6 Å². The van der Waals surface area contributed by atoms with Gasteiger partial charge in [0.15, 0.2) is 0 Å². The summed E-state index contributed by atoms with van der Waals surface area (Å²) in [5.41, 5.74) is 0. The Hall–Kier alpha value is -1.47. The van der Waals surface area contributed by atoms with Crippen molar-refractivity contribution in [2.24, 2.45) is 0 Å². The number of halogens is 1. The molecule has 4 heteroatoms. The summed E-state index contributed by atoms with van der Waals surface area (Å²) in [7, 11) is 0. The average molecular weight is 255 g/mol. The number of carboxylic acid groups (broad SMARTS) is 1. The van der Waals surface area contributed by atoms with Gasteiger partial charge in [-0.05, 0) is 30.2 Å². The zero-order chi connectivity index (χ0) is 10.4. The normalized spacial score (nSPS) is 8.64. The lowest BCUT2D eigenvalue weighted by Gasteiger charge is -2.00. The Balaban J connectivity index is 2.44. The molecule has 1 rings (SSSR count). The standard InChI is InChI=1S/C10H7BrO3/c11-8-3-5-9(6-4-8)14-7-1-2-10(12)13/h3-6H,7H2,(H,12,13). The molecule has 0 aliphatic rings. The maximum absolute atomic E-state index is 10.0. The van der Waals surface area contributed by atoms with Crippen molar-refractivity contribution in [2.45, 2.75) is 0 Å². The van der Waals surface area contributed by atoms with Crippen molar-refractivity contribution in [3.63, 3.8) is 0 Å². The van der Waals surface area contributed by atoms with Crippen LogP contribution in [0.25, 0.3) is 0 Å². The second-order valence-corrected chi connectivity index (χ2v) is 3.27. The molecule has 0 fully saturated rings. The summed E-state index contributed by atoms with van der Waals surface area (Å²) in [6.07, 6.45) is 0. The summed E-state index contributed by atoms with van der Waals surface area (Å²) in [6.45, 7) is 0.0773. The van der Waals surface area contributed by atoms with Gasteiger partial charge < -0.3 is 9.84 Å². The third kappa shape index (κ3) is 3.97. The predicted molar refractivity (Wildman–Crippen MR) is 55.0 cm³/mol. The first kappa shape index (κ1) is 10.6. The van der Waals surface area contributed by atoms with Gasteiger partial charge in [-0.2, -0.15) is 0 Å². The average Bonchev–Trinajstić information content (AvgIpc) is 2.15. The van der Waals surface area contributed by atoms with Crippen molar-refractivity contribution in [1.29, 1.82) is 0 Å². The van der Waals surface area contributed by atoms with E-state index in [9.17, 15) is 4.79 Å². The number of carboxylic acids is 1. The van der Waals surface area contributed by atoms with Crippen LogP contribution in [0.5, 0.6) is 5.75 Å². The van der Waals surface area contributed by atoms with E-state index < -0.39 is 5.97 Å². The minimum atomic E-state index is -1.15. The molecule has 0 atom stereocenters. The summed E-state index contributed by atoms with van der Waals surface area (Å²) in [5.74, 6) is 3.84. The number of aliphatic carboxylic acids is 1. The summed E-state index contributed by atoms with van der Waals surface area (Å²) in [4.78, 5) is 10.0. The molecular weight excluding hydrogens is 248 g/mol. The van der Waals surface area contributed by atoms with Crippen molar-refractivity contribution in [2.75, 3.05) is 6.61 Å². The quantitative estimate of drug-likeness (QED) is 0.821. The second-order valence-electron chi connectivity index (χ2n) is 2.35. The van der Waals surface area contributed by atoms with E-state index in [1.807, 2.05) is 18.1 Å². The maximum Gasteiger partial charge on any atom is 0.382 e. The van der Waals surface area contributed by atoms with Gasteiger partial charge in [0.05, 0.1) is 0 Å². The lowest BCUT2D eigenvalue weighted by atomic mass is 10.3. The zero-order valence-corrected chi connectivity index (χ0v) is 8.74. The third-order valence-electron chi connectivity index (χ3n) is 1.32. The summed E-state index contributed by atoms with van der Waals surface area (Å²) in [6, 6.07) is 7.21. The molecule has 0 amide bonds. The highest BCUT2D eigenvalue weighted by Crippen LogP contribution is 2.15. The highest BCUT2D eigenvalue weighted by Gasteiger charge is 1.91. The number of hydrogen-bond donors (Lipinski definition) is 1. The molecule has 1 aromatic rings. The van der Waals surface area contributed by atoms with Crippen molar-refractivity contribution in [1.82, 2.24) is 0 Å². The van der Waals surface area contributed by atoms with Crippen LogP contribution in [0.1, 0.15) is 0 Å². The highest BCUT2D eigenvalue weighted by molar-refractivity contribution is 9.10. The summed E-state index contributed by atoms with van der Waals surface area (Å²) in [5, 5.41) is 8.21. The molecule has 0 aliphatic heterocycles. The fourth-order valence-electron chi connectivity index (χ4n) is 0.762. The highest BCUT2D eigenvalue weighted by atomic mass is 79.9. The molecule has 0 saturated heterocycles. The van der Waals surface area contributed by atoms with Crippen molar-refractivity contribution in [3.8, 4) is 17.6 Å². The smallest absolute Gasteiger partial charge is 0.382 e. The molecule has 0 radical (unpaired) electrons. The summed E-state index contributed by atoms with van der Waals surface area (Å²) >= 11 is 3.29. The van der Waals surface area contributed by atoms with Gasteiger partial charge in [0, 0.05) is 10.4 Å². The molecule has 0 heterocycles. The van der Waals surface area contributed by atoms with Gasteiger partial charge in [0.1, 0.15) is 12.4 Å². The molecule has 3 nitrogen and oxygen atoms in total. The van der Waals surface area contributed by atoms with Crippen molar-refractivity contribution >= 4 is 21.9 Å². The van der Waals surface area contributed by atoms with E-state index in [4.69, 9.17) is 9.84 Å². The molecule has 1 N–H and O–H groups in total. The first-order valence-electron chi connectivity index (χ1n) is 3.78. The molecule has 14 heavy (non-hydrogen) atoms. The molecule has 0 aliphatic carbocycles. The number of hydrogen-bond acceptors (Lipinski definition) is 2. The second kappa shape index (κ2) is 5.30. The monoisotopic (exact) mass is 254 g/mol. The van der Waals surface area contributed by atoms with E-state index in [0.29, 0.717) is 5.75 Å². The predicted octanol–water partition coefficient (Wildman–Crippen LogP) is 1.92. The van der Waals surface area contributed by atoms with Crippen LogP contribution < -0.4 is 4.74 Å². The molecular formula is C10H7BrO3. The molecule has 0 unspecified atom stereocenters. The number of benzene rings is 1. The number of rotatable bonds is 2. The summed E-state index contributed by atoms with van der Waals surface area (Å²) < 4.78 is 6.11. The first-order valence-corrected chi connectivity index (χ1v) is 4.58. The Morgan fingerprint density at radius 2 is 2.07 bits per heavy atom. The van der Waals surface area contributed by atoms with Crippen molar-refractivity contribution in [3.05, 3.63) is 28.7 Å². The van der Waals surface area contributed by atoms with E-state index in [1.54, 1.807) is 12.1 Å². The largest absolute Gasteiger partial charge is 0.481 e. The van der Waals surface area contributed by atoms with Gasteiger partial charge in [-0.15, -0.1) is 0 Å². The number of ether oxygens (including phenoxy) is 1. The van der Waals surface area contributed by atoms with E-state index in [2.05, 4.69) is 21.9 Å². The van der Waals surface area contributed by atoms with E-state index in [1.165, 1.54) is 0 Å². The van der Waals surface area contributed by atoms with Crippen LogP contribution in [0.4, 0.5) is 0 Å². The van der Waals surface area contributed by atoms with Crippen LogP contribution in [0, 0.1) is 11.8 Å². The van der Waals surface area contributed by atoms with Gasteiger partial charge in [0.25, 0.3) is 0 Å². The maximum atomic E-state index is 10.0. The first-order chi connectivity index (χ1) is 6.68. The minimum Gasteiger partial charge on any atom is -0.481 e. The molecule has 0 aromatic heterocycles. The number of carbonyl (C=O) groups is 1. The molecule has 72 valence electrons. The van der Waals surface area contributed by atoms with Gasteiger partial charge in [-0.3, -0.25) is 0 Å². The Morgan fingerprint density at radius 3 is 2.64 bits per heavy atom. The van der Waals surface area contributed by atoms with Crippen LogP contribution in [0.2, 0.25) is 0 Å². The Kier molecular flexibility index (Phi) is 4.02. The Bertz CT molecular complexity index is 373. The topological polar surface area (TPSA) is 46.5 Å². The Morgan fingerprint density at radius 1 is 1.43 bits per heavy atom. The van der Waals surface area contributed by atoms with E-state index >= 15 is 0 Å². The zero-order valence-electron chi connectivity index (χ0n) is 7.16. The van der Waals surface area contributed by atoms with Crippen LogP contribution in [0.15, 0.2) is 28.7 Å². The molecule has 0 saturated carbocycles. The van der Waals surface area contributed by atoms with Gasteiger partial charge in [-0.1, -0.05) is 15.9 Å². The van der Waals surface area contributed by atoms with Gasteiger partial charge >= 0.3 is 5.97 Å². The van der Waals surface area contributed by atoms with Crippen LogP contribution in [-0.4, -0.2) is 17.7 Å². The van der Waals surface area contributed by atoms with Crippen LogP contribution in [-0.2, 0) is 4.79 Å². The lowest BCUT2D eigenvalue weighted by Crippen LogP contribution is -1.95. The van der Waals surface area contributed by atoms with Gasteiger partial charge in [-0.25, -0.2) is 4.79 Å². The molecule has 0 bridgehead atoms. The van der Waals surface area contributed by atoms with Gasteiger partial charge in [0.2, 0.25) is 0 Å². The van der Waals surface area contributed by atoms with E-state index in [-0.39, 0.29) is 6.61 Å². The van der Waals surface area contributed by atoms with Crippen LogP contribution >= 0.6 is 15.9 Å². The Labute approximate surface area is 89.8 Å². The van der Waals surface area contributed by atoms with Crippen LogP contribution in [0.3, 0.4) is 0 Å².